The van der Waals surface area contributed by atoms with Gasteiger partial charge in [0.05, 0.1) is 24.0 Å². The largest absolute Gasteiger partial charge is 0.463 e. The third kappa shape index (κ3) is 11.3. The van der Waals surface area contributed by atoms with Gasteiger partial charge in [-0.15, -0.1) is 13.2 Å². The molecular formula is C32H42N2O5. The molecule has 0 fully saturated rings. The fourth-order valence-corrected chi connectivity index (χ4v) is 4.24. The Bertz CT molecular complexity index is 1070. The van der Waals surface area contributed by atoms with Crippen molar-refractivity contribution in [1.29, 1.82) is 0 Å². The van der Waals surface area contributed by atoms with Gasteiger partial charge in [0.1, 0.15) is 6.61 Å². The van der Waals surface area contributed by atoms with Crippen LogP contribution in [0, 0.1) is 11.8 Å². The molecule has 2 unspecified atom stereocenters. The predicted molar refractivity (Wildman–Crippen MR) is 153 cm³/mol. The first-order valence-electron chi connectivity index (χ1n) is 13.4. The summed E-state index contributed by atoms with van der Waals surface area (Å²) in [6, 6.07) is 19.2. The summed E-state index contributed by atoms with van der Waals surface area (Å²) >= 11 is 0. The second-order valence-electron chi connectivity index (χ2n) is 10.3. The van der Waals surface area contributed by atoms with Crippen LogP contribution in [-0.2, 0) is 32.1 Å². The molecule has 0 bridgehead atoms. The van der Waals surface area contributed by atoms with Crippen LogP contribution >= 0.6 is 0 Å². The zero-order valence-corrected chi connectivity index (χ0v) is 23.2. The zero-order valence-electron chi connectivity index (χ0n) is 23.2. The van der Waals surface area contributed by atoms with Crippen molar-refractivity contribution in [3.63, 3.8) is 0 Å². The van der Waals surface area contributed by atoms with Gasteiger partial charge in [-0.25, -0.2) is 0 Å². The molecule has 0 aliphatic rings. The second-order valence-corrected chi connectivity index (χ2v) is 10.3. The maximum atomic E-state index is 13.2. The molecule has 39 heavy (non-hydrogen) atoms. The van der Waals surface area contributed by atoms with Gasteiger partial charge in [-0.05, 0) is 44.2 Å². The van der Waals surface area contributed by atoms with Crippen LogP contribution in [0.25, 0.3) is 0 Å². The lowest BCUT2D eigenvalue weighted by atomic mass is 9.96. The number of nitrogens with one attached hydrogen (secondary N) is 1. The van der Waals surface area contributed by atoms with Crippen molar-refractivity contribution in [2.75, 3.05) is 19.8 Å². The quantitative estimate of drug-likeness (QED) is 0.231. The van der Waals surface area contributed by atoms with E-state index >= 15 is 0 Å². The summed E-state index contributed by atoms with van der Waals surface area (Å²) in [6.45, 7) is 11.4. The Labute approximate surface area is 232 Å². The van der Waals surface area contributed by atoms with Gasteiger partial charge in [-0.3, -0.25) is 14.4 Å². The molecule has 2 N–H and O–H groups in total. The van der Waals surface area contributed by atoms with E-state index in [1.165, 1.54) is 0 Å². The number of aliphatic hydroxyl groups excluding tert-OH is 1. The maximum Gasteiger partial charge on any atom is 0.309 e. The van der Waals surface area contributed by atoms with Gasteiger partial charge in [-0.2, -0.15) is 0 Å². The van der Waals surface area contributed by atoms with E-state index in [1.54, 1.807) is 30.9 Å². The van der Waals surface area contributed by atoms with Gasteiger partial charge in [-0.1, -0.05) is 72.8 Å². The van der Waals surface area contributed by atoms with E-state index in [4.69, 9.17) is 4.74 Å². The minimum Gasteiger partial charge on any atom is -0.463 e. The molecule has 210 valence electrons. The Hall–Kier alpha value is -3.71. The van der Waals surface area contributed by atoms with Crippen LogP contribution in [0.5, 0.6) is 0 Å². The predicted octanol–water partition coefficient (Wildman–Crippen LogP) is 4.46. The average Bonchev–Trinajstić information content (AvgIpc) is 2.92. The number of carbonyl (C=O) groups is 3. The molecule has 7 heteroatoms. The van der Waals surface area contributed by atoms with E-state index < -0.39 is 11.5 Å². The number of amides is 2. The van der Waals surface area contributed by atoms with E-state index in [0.717, 1.165) is 11.1 Å². The molecule has 0 saturated heterocycles. The minimum absolute atomic E-state index is 0.0145. The summed E-state index contributed by atoms with van der Waals surface area (Å²) in [5, 5.41) is 12.4. The van der Waals surface area contributed by atoms with Crippen LogP contribution in [0.2, 0.25) is 0 Å². The first-order valence-corrected chi connectivity index (χ1v) is 13.4. The lowest BCUT2D eigenvalue weighted by Crippen LogP contribution is -2.50. The van der Waals surface area contributed by atoms with Crippen LogP contribution in [-0.4, -0.2) is 53.1 Å². The molecule has 7 nitrogen and oxygen atoms in total. The van der Waals surface area contributed by atoms with Gasteiger partial charge in [0.2, 0.25) is 11.8 Å². The van der Waals surface area contributed by atoms with Crippen molar-refractivity contribution in [2.24, 2.45) is 11.8 Å². The Kier molecular flexibility index (Phi) is 13.2. The lowest BCUT2D eigenvalue weighted by molar-refractivity contribution is -0.151. The first kappa shape index (κ1) is 31.5. The highest BCUT2D eigenvalue weighted by Crippen LogP contribution is 2.18. The molecule has 2 aromatic rings. The summed E-state index contributed by atoms with van der Waals surface area (Å²) in [5.41, 5.74) is 1.12. The first-order chi connectivity index (χ1) is 18.7. The summed E-state index contributed by atoms with van der Waals surface area (Å²) in [6.07, 6.45) is 4.62. The number of hydrogen-bond donors (Lipinski definition) is 2. The summed E-state index contributed by atoms with van der Waals surface area (Å²) in [7, 11) is 0. The Morgan fingerprint density at radius 2 is 1.51 bits per heavy atom. The minimum atomic E-state index is -0.852. The van der Waals surface area contributed by atoms with Crippen LogP contribution < -0.4 is 5.32 Å². The van der Waals surface area contributed by atoms with Crippen LogP contribution in [0.15, 0.2) is 86.0 Å². The highest BCUT2D eigenvalue weighted by molar-refractivity contribution is 5.86. The van der Waals surface area contributed by atoms with Crippen LogP contribution in [0.1, 0.15) is 44.2 Å². The highest BCUT2D eigenvalue weighted by Gasteiger charge is 2.30. The van der Waals surface area contributed by atoms with Crippen molar-refractivity contribution in [3.8, 4) is 0 Å². The summed E-state index contributed by atoms with van der Waals surface area (Å²) < 4.78 is 5.63. The van der Waals surface area contributed by atoms with Gasteiger partial charge in [0, 0.05) is 19.5 Å². The SMILES string of the molecule is C=CCC(CC(=O)N(CCO)Cc1ccccc1)C(=O)NC(C)(C)COC(=O)C(CC=C)Cc1ccccc1. The zero-order chi connectivity index (χ0) is 28.7. The molecule has 2 amide bonds. The van der Waals surface area contributed by atoms with Crippen molar-refractivity contribution in [1.82, 2.24) is 10.2 Å². The number of aliphatic hydroxyl groups is 1. The smallest absolute Gasteiger partial charge is 0.309 e. The molecule has 2 rings (SSSR count). The molecule has 2 aromatic carbocycles. The van der Waals surface area contributed by atoms with E-state index in [2.05, 4.69) is 18.5 Å². The molecular weight excluding hydrogens is 492 g/mol. The molecule has 0 radical (unpaired) electrons. The topological polar surface area (TPSA) is 95.9 Å². The lowest BCUT2D eigenvalue weighted by Gasteiger charge is -2.30. The third-order valence-electron chi connectivity index (χ3n) is 6.33. The van der Waals surface area contributed by atoms with Gasteiger partial charge >= 0.3 is 5.97 Å². The number of benzene rings is 2. The highest BCUT2D eigenvalue weighted by atomic mass is 16.5. The monoisotopic (exact) mass is 534 g/mol. The third-order valence-corrected chi connectivity index (χ3v) is 6.33. The Morgan fingerprint density at radius 3 is 2.08 bits per heavy atom. The fraction of sp³-hybridized carbons (Fsp3) is 0.406. The number of carbonyl (C=O) groups excluding carboxylic acids is 3. The van der Waals surface area contributed by atoms with E-state index in [1.807, 2.05) is 60.7 Å². The standard InChI is InChI=1S/C32H42N2O5/c1-5-13-27(22-29(36)34(19-20-35)23-26-17-11-8-12-18-26)30(37)33-32(3,4)24-39-31(38)28(14-6-2)21-25-15-9-7-10-16-25/h5-12,15-18,27-28,35H,1-2,13-14,19-24H2,3-4H3,(H,33,37). The van der Waals surface area contributed by atoms with Crippen molar-refractivity contribution in [2.45, 2.75) is 51.6 Å². The Balaban J connectivity index is 1.98. The number of ether oxygens (including phenoxy) is 1. The van der Waals surface area contributed by atoms with Crippen LogP contribution in [0.4, 0.5) is 0 Å². The molecule has 0 aliphatic carbocycles. The fourth-order valence-electron chi connectivity index (χ4n) is 4.24. The number of nitrogens with zero attached hydrogens (tertiary/aromatic N) is 1. The number of rotatable bonds is 17. The number of hydrogen-bond acceptors (Lipinski definition) is 5. The van der Waals surface area contributed by atoms with Gasteiger partial charge in [0.25, 0.3) is 0 Å². The second kappa shape index (κ2) is 16.3. The van der Waals surface area contributed by atoms with E-state index in [0.29, 0.717) is 25.8 Å². The van der Waals surface area contributed by atoms with Crippen molar-refractivity contribution in [3.05, 3.63) is 97.1 Å². The summed E-state index contributed by atoms with van der Waals surface area (Å²) in [5.74, 6) is -1.91. The number of esters is 1. The number of allylic oxidation sites excluding steroid dienone is 2. The van der Waals surface area contributed by atoms with E-state index in [-0.39, 0.29) is 49.9 Å². The molecule has 0 saturated carbocycles. The maximum absolute atomic E-state index is 13.2. The van der Waals surface area contributed by atoms with Crippen molar-refractivity contribution >= 4 is 17.8 Å². The normalized spacial score (nSPS) is 12.6. The summed E-state index contributed by atoms with van der Waals surface area (Å²) in [4.78, 5) is 40.8. The average molecular weight is 535 g/mol. The van der Waals surface area contributed by atoms with Gasteiger partial charge in [0.15, 0.2) is 0 Å². The molecule has 0 aliphatic heterocycles. The van der Waals surface area contributed by atoms with Gasteiger partial charge < -0.3 is 20.1 Å². The molecule has 0 heterocycles. The molecule has 2 atom stereocenters. The molecule has 0 aromatic heterocycles. The van der Waals surface area contributed by atoms with Crippen molar-refractivity contribution < 1.29 is 24.2 Å². The van der Waals surface area contributed by atoms with Crippen LogP contribution in [0.3, 0.4) is 0 Å². The molecule has 0 spiro atoms. The Morgan fingerprint density at radius 1 is 0.949 bits per heavy atom. The van der Waals surface area contributed by atoms with E-state index in [9.17, 15) is 19.5 Å².